The number of carboxylic acids is 1. The van der Waals surface area contributed by atoms with Gasteiger partial charge in [0.1, 0.15) is 44.0 Å². The molecule has 29 heteroatoms. The molecular formula is C60H69N13O16. The summed E-state index contributed by atoms with van der Waals surface area (Å²) in [5.41, 5.74) is 16.0. The number of para-hydroxylation sites is 1. The van der Waals surface area contributed by atoms with Crippen molar-refractivity contribution >= 4 is 76.4 Å². The van der Waals surface area contributed by atoms with Gasteiger partial charge in [0, 0.05) is 48.0 Å². The lowest BCUT2D eigenvalue weighted by molar-refractivity contribution is -0.172. The number of esters is 1. The summed E-state index contributed by atoms with van der Waals surface area (Å²) >= 11 is 0. The van der Waals surface area contributed by atoms with Crippen LogP contribution < -0.4 is 54.4 Å². The minimum absolute atomic E-state index is 0.00192. The number of carboxylic acid groups (broad SMARTS) is 1. The fraction of sp³-hybridized carbons (Fsp3) is 0.383. The first-order valence-corrected chi connectivity index (χ1v) is 28.6. The first-order chi connectivity index (χ1) is 42.8. The van der Waals surface area contributed by atoms with Gasteiger partial charge >= 0.3 is 11.9 Å². The first kappa shape index (κ1) is 65.0. The number of nitrogens with two attached hydrogens (primary N) is 2. The number of guanidine groups is 1. The molecule has 8 rings (SSSR count). The van der Waals surface area contributed by atoms with Gasteiger partial charge in [-0.2, -0.15) is 5.10 Å². The lowest BCUT2D eigenvalue weighted by atomic mass is 9.86. The zero-order valence-electron chi connectivity index (χ0n) is 48.5. The molecular weight excluding hydrogens is 1160 g/mol. The third-order valence-corrected chi connectivity index (χ3v) is 14.8. The van der Waals surface area contributed by atoms with Gasteiger partial charge in [0.15, 0.2) is 11.6 Å². The van der Waals surface area contributed by atoms with Crippen LogP contribution in [0.5, 0.6) is 0 Å². The molecule has 470 valence electrons. The normalized spacial score (nSPS) is 19.4. The Bertz CT molecular complexity index is 3590. The van der Waals surface area contributed by atoms with E-state index in [1.807, 2.05) is 18.2 Å². The highest BCUT2D eigenvalue weighted by atomic mass is 16.6. The van der Waals surface area contributed by atoms with E-state index in [0.717, 1.165) is 0 Å². The second-order valence-electron chi connectivity index (χ2n) is 21.0. The summed E-state index contributed by atoms with van der Waals surface area (Å²) in [6.07, 6.45) is 0.613. The number of aromatic nitrogens is 2. The number of nitrogens with one attached hydrogen (secondary N) is 7. The Balaban J connectivity index is 0.788. The van der Waals surface area contributed by atoms with Gasteiger partial charge in [-0.1, -0.05) is 79.7 Å². The SMILES string of the molecule is CCC1(O)C(=O)OCc2c1cc1n(c2=O)Cc2c-1nc1ccccc1c2/C=N/NC(=O)COCCOCCOCC(=O)NCc1ccc(CC2NC(=O)C(Cc3ccccc3)NC(=O)C(CC(=O)O)NC(=O)CNC(=O)C(CCCN=C(N)N)NC2=O)cc1. The predicted molar refractivity (Wildman–Crippen MR) is 318 cm³/mol. The Morgan fingerprint density at radius 1 is 0.764 bits per heavy atom. The van der Waals surface area contributed by atoms with Gasteiger partial charge in [-0.3, -0.25) is 48.1 Å². The number of nitrogens with zero attached hydrogens (tertiary/aromatic N) is 4. The molecule has 5 unspecified atom stereocenters. The average molecular weight is 1230 g/mol. The summed E-state index contributed by atoms with van der Waals surface area (Å²) in [6.45, 7) is 0.717. The van der Waals surface area contributed by atoms with E-state index in [0.29, 0.717) is 50.1 Å². The molecule has 0 aliphatic carbocycles. The number of carbonyl (C=O) groups excluding carboxylic acids is 8. The van der Waals surface area contributed by atoms with Gasteiger partial charge in [0.25, 0.3) is 11.5 Å². The molecule has 1 saturated heterocycles. The number of aliphatic carboxylic acids is 1. The zero-order chi connectivity index (χ0) is 63.6. The van der Waals surface area contributed by atoms with Crippen molar-refractivity contribution < 1.29 is 72.3 Å². The highest BCUT2D eigenvalue weighted by molar-refractivity contribution is 6.03. The topological polar surface area (TPSA) is 427 Å². The van der Waals surface area contributed by atoms with E-state index < -0.39 is 102 Å². The van der Waals surface area contributed by atoms with Crippen molar-refractivity contribution in [1.29, 1.82) is 0 Å². The minimum Gasteiger partial charge on any atom is -0.481 e. The average Bonchev–Trinajstić information content (AvgIpc) is 1.66. The highest BCUT2D eigenvalue weighted by Gasteiger charge is 2.46. The lowest BCUT2D eigenvalue weighted by Crippen LogP contribution is -2.58. The molecule has 7 amide bonds. The van der Waals surface area contributed by atoms with E-state index in [2.05, 4.69) is 47.4 Å². The second-order valence-corrected chi connectivity index (χ2v) is 21.0. The first-order valence-electron chi connectivity index (χ1n) is 28.6. The fourth-order valence-electron chi connectivity index (χ4n) is 10.1. The largest absolute Gasteiger partial charge is 0.481 e. The van der Waals surface area contributed by atoms with Crippen LogP contribution in [0.3, 0.4) is 0 Å². The Hall–Kier alpha value is -9.97. The number of rotatable bonds is 25. The van der Waals surface area contributed by atoms with Crippen molar-refractivity contribution in [2.75, 3.05) is 52.7 Å². The lowest BCUT2D eigenvalue weighted by Gasteiger charge is -2.31. The summed E-state index contributed by atoms with van der Waals surface area (Å²) in [4.78, 5) is 141. The van der Waals surface area contributed by atoms with Crippen molar-refractivity contribution in [1.82, 2.24) is 46.9 Å². The van der Waals surface area contributed by atoms with Crippen molar-refractivity contribution in [2.24, 2.45) is 21.6 Å². The molecule has 1 fully saturated rings. The summed E-state index contributed by atoms with van der Waals surface area (Å²) in [6, 6.07) is 18.6. The summed E-state index contributed by atoms with van der Waals surface area (Å²) in [5.74, 6) is -7.71. The molecule has 29 nitrogen and oxygen atoms in total. The van der Waals surface area contributed by atoms with Crippen LogP contribution in [0.25, 0.3) is 22.3 Å². The van der Waals surface area contributed by atoms with E-state index in [4.69, 9.17) is 35.4 Å². The van der Waals surface area contributed by atoms with Crippen LogP contribution in [0.2, 0.25) is 0 Å². The van der Waals surface area contributed by atoms with E-state index in [-0.39, 0.29) is 115 Å². The van der Waals surface area contributed by atoms with Crippen LogP contribution in [0, 0.1) is 0 Å². The number of aliphatic imine (C=N–C) groups is 1. The monoisotopic (exact) mass is 1230 g/mol. The predicted octanol–water partition coefficient (Wildman–Crippen LogP) is -1.72. The molecule has 89 heavy (non-hydrogen) atoms. The molecule has 3 aromatic carbocycles. The highest BCUT2D eigenvalue weighted by Crippen LogP contribution is 2.40. The van der Waals surface area contributed by atoms with E-state index in [1.54, 1.807) is 73.7 Å². The molecule has 13 N–H and O–H groups in total. The Morgan fingerprint density at radius 3 is 2.06 bits per heavy atom. The van der Waals surface area contributed by atoms with Gasteiger partial charge in [0.2, 0.25) is 35.4 Å². The maximum absolute atomic E-state index is 14.2. The molecule has 0 spiro atoms. The van der Waals surface area contributed by atoms with Crippen LogP contribution in [0.1, 0.15) is 71.6 Å². The fourth-order valence-corrected chi connectivity index (χ4v) is 10.1. The van der Waals surface area contributed by atoms with Crippen LogP contribution >= 0.6 is 0 Å². The third kappa shape index (κ3) is 17.2. The number of hydrazone groups is 1. The van der Waals surface area contributed by atoms with Crippen molar-refractivity contribution in [3.05, 3.63) is 134 Å². The number of carbonyl (C=O) groups is 9. The van der Waals surface area contributed by atoms with E-state index in [9.17, 15) is 58.2 Å². The van der Waals surface area contributed by atoms with E-state index in [1.165, 1.54) is 10.8 Å². The molecule has 3 aliphatic heterocycles. The maximum Gasteiger partial charge on any atom is 0.343 e. The van der Waals surface area contributed by atoms with Gasteiger partial charge in [-0.15, -0.1) is 0 Å². The Morgan fingerprint density at radius 2 is 1.38 bits per heavy atom. The second kappa shape index (κ2) is 30.6. The summed E-state index contributed by atoms with van der Waals surface area (Å²) in [5, 5.41) is 41.1. The maximum atomic E-state index is 14.2. The van der Waals surface area contributed by atoms with Crippen LogP contribution in [0.15, 0.2) is 99.8 Å². The molecule has 5 atom stereocenters. The number of aliphatic hydroxyl groups is 1. The number of cyclic esters (lactones) is 1. The molecule has 3 aliphatic rings. The number of hydrogen-bond acceptors (Lipinski definition) is 18. The summed E-state index contributed by atoms with van der Waals surface area (Å²) < 4.78 is 23.1. The van der Waals surface area contributed by atoms with Gasteiger partial charge in [-0.05, 0) is 48.1 Å². The van der Waals surface area contributed by atoms with Crippen LogP contribution in [0.4, 0.5) is 0 Å². The molecule has 5 aromatic rings. The quantitative estimate of drug-likeness (QED) is 0.00998. The minimum atomic E-state index is -1.98. The Labute approximate surface area is 508 Å². The molecule has 0 radical (unpaired) electrons. The number of fused-ring (bicyclic) bond motifs is 5. The number of benzene rings is 3. The van der Waals surface area contributed by atoms with E-state index >= 15 is 0 Å². The third-order valence-electron chi connectivity index (χ3n) is 14.8. The zero-order valence-corrected chi connectivity index (χ0v) is 48.5. The Kier molecular flexibility index (Phi) is 22.3. The smallest absolute Gasteiger partial charge is 0.343 e. The standard InChI is InChI=1S/C60H69N13O16/c1-2-60(85)41-25-47-52-39(30-73(47)57(83)40(41)31-89-58(60)84)38(37-11-6-7-12-42(37)68-52)28-66-72-50(76)33-88-22-20-86-19-21-87-32-49(75)64-27-36-16-14-35(15-17-36)24-45-54(80)69-43(13-8-18-63-59(61)62)53(79)65-29-48(74)67-46(26-51(77)78)56(82)71-44(55(81)70-45)23-34-9-4-3-5-10-34/h3-7,9-12,14-17,25,28,43-46,85H,2,8,13,18-24,26-27,29-33H2,1H3,(H,64,75)(H,65,79)(H,67,74)(H,69,80)(H,70,81)(H,71,82)(H,72,76)(H,77,78)(H4,61,62,63)/b66-28+. The van der Waals surface area contributed by atoms with Crippen molar-refractivity contribution in [3.8, 4) is 11.4 Å². The van der Waals surface area contributed by atoms with Gasteiger partial charge in [0.05, 0.1) is 74.6 Å². The number of pyridine rings is 2. The molecule has 2 aromatic heterocycles. The molecule has 0 saturated carbocycles. The van der Waals surface area contributed by atoms with Crippen LogP contribution in [-0.4, -0.2) is 162 Å². The summed E-state index contributed by atoms with van der Waals surface area (Å²) in [7, 11) is 0. The number of hydrogen-bond donors (Lipinski definition) is 11. The van der Waals surface area contributed by atoms with Crippen LogP contribution in [-0.2, 0) is 100 Å². The molecule has 5 heterocycles. The van der Waals surface area contributed by atoms with Crippen molar-refractivity contribution in [3.63, 3.8) is 0 Å². The van der Waals surface area contributed by atoms with Crippen molar-refractivity contribution in [2.45, 2.75) is 94.9 Å². The van der Waals surface area contributed by atoms with Gasteiger partial charge < -0.3 is 77.1 Å². The number of amides is 7. The van der Waals surface area contributed by atoms with Gasteiger partial charge in [-0.25, -0.2) is 15.2 Å². The number of ether oxygens (including phenoxy) is 4. The molecule has 0 bridgehead atoms.